The van der Waals surface area contributed by atoms with Crippen molar-refractivity contribution in [3.63, 3.8) is 0 Å². The lowest BCUT2D eigenvalue weighted by Crippen LogP contribution is -2.36. The van der Waals surface area contributed by atoms with E-state index in [4.69, 9.17) is 14.2 Å². The molecule has 2 unspecified atom stereocenters. The Morgan fingerprint density at radius 2 is 1.83 bits per heavy atom. The Balaban J connectivity index is 1.87. The molecule has 1 fully saturated rings. The first kappa shape index (κ1) is 20.7. The van der Waals surface area contributed by atoms with Crippen LogP contribution in [-0.4, -0.2) is 58.2 Å². The normalized spacial score (nSPS) is 23.7. The van der Waals surface area contributed by atoms with Gasteiger partial charge >= 0.3 is 5.69 Å². The summed E-state index contributed by atoms with van der Waals surface area (Å²) in [7, 11) is 2.82. The van der Waals surface area contributed by atoms with Gasteiger partial charge in [0.25, 0.3) is 5.91 Å². The Morgan fingerprint density at radius 1 is 1.21 bits per heavy atom. The molecule has 0 spiro atoms. The molecule has 0 radical (unpaired) electrons. The molecule has 1 aliphatic rings. The molecule has 1 aromatic carbocycles. The van der Waals surface area contributed by atoms with E-state index in [1.54, 1.807) is 6.07 Å². The molecule has 1 aliphatic heterocycles. The quantitative estimate of drug-likeness (QED) is 0.642. The number of amides is 1. The van der Waals surface area contributed by atoms with Crippen LogP contribution in [0.2, 0.25) is 0 Å². The third-order valence-electron chi connectivity index (χ3n) is 4.50. The Hall–Kier alpha value is -3.02. The van der Waals surface area contributed by atoms with Crippen LogP contribution in [0, 0.1) is 5.82 Å². The number of nitrogens with one attached hydrogen (secondary N) is 1. The summed E-state index contributed by atoms with van der Waals surface area (Å²) in [6.45, 7) is 1.50. The van der Waals surface area contributed by atoms with Crippen molar-refractivity contribution in [2.75, 3.05) is 19.5 Å². The molecule has 1 aromatic heterocycles. The molecule has 4 atom stereocenters. The second kappa shape index (κ2) is 8.15. The molecular formula is C18H20FN3O7. The minimum atomic E-state index is -1.44. The number of methoxy groups -OCH3 is 2. The number of ether oxygens (including phenoxy) is 3. The maximum Gasteiger partial charge on any atom is 0.351 e. The maximum absolute atomic E-state index is 14.5. The van der Waals surface area contributed by atoms with Crippen molar-refractivity contribution >= 4 is 11.7 Å². The molecule has 1 saturated heterocycles. The molecule has 0 bridgehead atoms. The third kappa shape index (κ3) is 4.06. The molecule has 2 aromatic rings. The van der Waals surface area contributed by atoms with Crippen molar-refractivity contribution in [3.05, 3.63) is 46.3 Å². The van der Waals surface area contributed by atoms with E-state index in [2.05, 4.69) is 10.3 Å². The molecule has 0 saturated carbocycles. The van der Waals surface area contributed by atoms with Crippen molar-refractivity contribution < 1.29 is 33.6 Å². The standard InChI is InChI=1S/C18H20FN3O7/c1-8-13(23)14(24)17(29-8)22-7-12(19)15(21-18(22)26)20-16(25)9-4-10(27-2)6-11(5-9)28-3/h4-8,13-14,17,23-24H,1-3H3,(H,20,21,25,26)/t8-,13?,14?,17-/m1/s1. The zero-order valence-corrected chi connectivity index (χ0v) is 15.8. The number of hydrogen-bond donors (Lipinski definition) is 3. The van der Waals surface area contributed by atoms with Crippen LogP contribution < -0.4 is 20.5 Å². The van der Waals surface area contributed by atoms with Gasteiger partial charge in [0.05, 0.1) is 26.5 Å². The van der Waals surface area contributed by atoms with Gasteiger partial charge in [-0.2, -0.15) is 4.98 Å². The average molecular weight is 409 g/mol. The van der Waals surface area contributed by atoms with Crippen molar-refractivity contribution in [1.82, 2.24) is 9.55 Å². The lowest BCUT2D eigenvalue weighted by atomic mass is 10.1. The molecule has 29 heavy (non-hydrogen) atoms. The van der Waals surface area contributed by atoms with E-state index in [-0.39, 0.29) is 5.56 Å². The monoisotopic (exact) mass is 409 g/mol. The number of rotatable bonds is 5. The summed E-state index contributed by atoms with van der Waals surface area (Å²) in [6.07, 6.45) is -3.99. The van der Waals surface area contributed by atoms with Crippen LogP contribution in [0.3, 0.4) is 0 Å². The van der Waals surface area contributed by atoms with Crippen LogP contribution in [0.25, 0.3) is 0 Å². The molecule has 3 N–H and O–H groups in total. The predicted molar refractivity (Wildman–Crippen MR) is 97.6 cm³/mol. The third-order valence-corrected chi connectivity index (χ3v) is 4.50. The largest absolute Gasteiger partial charge is 0.497 e. The topological polar surface area (TPSA) is 132 Å². The van der Waals surface area contributed by atoms with E-state index in [0.29, 0.717) is 11.5 Å². The first-order valence-electron chi connectivity index (χ1n) is 8.60. The number of aliphatic hydroxyl groups is 2. The number of halogens is 1. The van der Waals surface area contributed by atoms with Gasteiger partial charge in [-0.25, -0.2) is 9.18 Å². The van der Waals surface area contributed by atoms with Crippen molar-refractivity contribution in [3.8, 4) is 11.5 Å². The fraction of sp³-hybridized carbons (Fsp3) is 0.389. The van der Waals surface area contributed by atoms with Crippen LogP contribution in [0.1, 0.15) is 23.5 Å². The number of hydrogen-bond acceptors (Lipinski definition) is 8. The highest BCUT2D eigenvalue weighted by Crippen LogP contribution is 2.28. The number of aromatic nitrogens is 2. The van der Waals surface area contributed by atoms with E-state index in [1.807, 2.05) is 0 Å². The van der Waals surface area contributed by atoms with E-state index in [0.717, 1.165) is 10.8 Å². The predicted octanol–water partition coefficient (Wildman–Crippen LogP) is 0.291. The summed E-state index contributed by atoms with van der Waals surface area (Å²) in [6, 6.07) is 4.37. The fourth-order valence-electron chi connectivity index (χ4n) is 2.89. The SMILES string of the molecule is COc1cc(OC)cc(C(=O)Nc2nc(=O)n([C@@H]3O[C@H](C)C(O)C3O)cc2F)c1. The molecule has 11 heteroatoms. The lowest BCUT2D eigenvalue weighted by Gasteiger charge is -2.17. The molecule has 2 heterocycles. The Kier molecular flexibility index (Phi) is 5.82. The Bertz CT molecular complexity index is 958. The molecular weight excluding hydrogens is 389 g/mol. The number of benzene rings is 1. The summed E-state index contributed by atoms with van der Waals surface area (Å²) in [5, 5.41) is 22.0. The summed E-state index contributed by atoms with van der Waals surface area (Å²) in [4.78, 5) is 28.3. The van der Waals surface area contributed by atoms with Gasteiger partial charge in [-0.3, -0.25) is 9.36 Å². The molecule has 0 aliphatic carbocycles. The molecule has 1 amide bonds. The highest BCUT2D eigenvalue weighted by Gasteiger charge is 2.42. The maximum atomic E-state index is 14.5. The van der Waals surface area contributed by atoms with Crippen LogP contribution in [-0.2, 0) is 4.74 Å². The minimum Gasteiger partial charge on any atom is -0.497 e. The van der Waals surface area contributed by atoms with E-state index >= 15 is 0 Å². The van der Waals surface area contributed by atoms with Crippen molar-refractivity contribution in [2.45, 2.75) is 31.5 Å². The van der Waals surface area contributed by atoms with Crippen molar-refractivity contribution in [2.24, 2.45) is 0 Å². The molecule has 10 nitrogen and oxygen atoms in total. The highest BCUT2D eigenvalue weighted by molar-refractivity contribution is 6.04. The highest BCUT2D eigenvalue weighted by atomic mass is 19.1. The number of carbonyl (C=O) groups is 1. The van der Waals surface area contributed by atoms with Crippen LogP contribution in [0.15, 0.2) is 29.2 Å². The Morgan fingerprint density at radius 3 is 2.34 bits per heavy atom. The zero-order chi connectivity index (χ0) is 21.3. The first-order chi connectivity index (χ1) is 13.7. The summed E-state index contributed by atoms with van der Waals surface area (Å²) < 4.78 is 30.7. The van der Waals surface area contributed by atoms with E-state index in [1.165, 1.54) is 33.3 Å². The fourth-order valence-corrected chi connectivity index (χ4v) is 2.89. The number of nitrogens with zero attached hydrogens (tertiary/aromatic N) is 2. The lowest BCUT2D eigenvalue weighted by molar-refractivity contribution is -0.0355. The number of anilines is 1. The van der Waals surface area contributed by atoms with E-state index in [9.17, 15) is 24.2 Å². The van der Waals surface area contributed by atoms with Gasteiger partial charge in [-0.05, 0) is 19.1 Å². The van der Waals surface area contributed by atoms with Crippen LogP contribution in [0.5, 0.6) is 11.5 Å². The van der Waals surface area contributed by atoms with Gasteiger partial charge in [-0.15, -0.1) is 0 Å². The van der Waals surface area contributed by atoms with Gasteiger partial charge in [0, 0.05) is 11.6 Å². The van der Waals surface area contributed by atoms with Gasteiger partial charge in [0.2, 0.25) is 0 Å². The second-order valence-electron chi connectivity index (χ2n) is 6.40. The van der Waals surface area contributed by atoms with Crippen molar-refractivity contribution in [1.29, 1.82) is 0 Å². The van der Waals surface area contributed by atoms with Crippen LogP contribution >= 0.6 is 0 Å². The summed E-state index contributed by atoms with van der Waals surface area (Å²) in [5.74, 6) is -1.68. The van der Waals surface area contributed by atoms with Gasteiger partial charge in [0.1, 0.15) is 23.7 Å². The molecule has 156 valence electrons. The summed E-state index contributed by atoms with van der Waals surface area (Å²) >= 11 is 0. The second-order valence-corrected chi connectivity index (χ2v) is 6.40. The van der Waals surface area contributed by atoms with Crippen LogP contribution in [0.4, 0.5) is 10.2 Å². The smallest absolute Gasteiger partial charge is 0.351 e. The number of aliphatic hydroxyl groups excluding tert-OH is 2. The van der Waals surface area contributed by atoms with E-state index < -0.39 is 47.8 Å². The van der Waals surface area contributed by atoms with Gasteiger partial charge in [0.15, 0.2) is 17.9 Å². The number of carbonyl (C=O) groups excluding carboxylic acids is 1. The molecule has 3 rings (SSSR count). The zero-order valence-electron chi connectivity index (χ0n) is 15.8. The Labute approximate surface area is 164 Å². The minimum absolute atomic E-state index is 0.0954. The summed E-state index contributed by atoms with van der Waals surface area (Å²) in [5.41, 5.74) is -0.881. The van der Waals surface area contributed by atoms with Gasteiger partial charge in [-0.1, -0.05) is 0 Å². The first-order valence-corrected chi connectivity index (χ1v) is 8.60. The van der Waals surface area contributed by atoms with Gasteiger partial charge < -0.3 is 29.7 Å². The average Bonchev–Trinajstić information content (AvgIpc) is 2.97.